The maximum absolute atomic E-state index is 15.2. The van der Waals surface area contributed by atoms with Crippen LogP contribution in [0.3, 0.4) is 0 Å². The van der Waals surface area contributed by atoms with E-state index in [1.807, 2.05) is 0 Å². The van der Waals surface area contributed by atoms with Crippen LogP contribution in [0, 0.1) is 11.6 Å². The molecule has 0 bridgehead atoms. The normalized spacial score (nSPS) is 22.6. The highest BCUT2D eigenvalue weighted by atomic mass is 32.2. The van der Waals surface area contributed by atoms with Crippen LogP contribution in [0.4, 0.5) is 19.3 Å². The third kappa shape index (κ3) is 5.11. The second kappa shape index (κ2) is 9.34. The Morgan fingerprint density at radius 3 is 2.57 bits per heavy atom. The Kier molecular flexibility index (Phi) is 6.67. The van der Waals surface area contributed by atoms with Crippen molar-refractivity contribution in [3.8, 4) is 0 Å². The standard InChI is InChI=1S/C23H25F2N5O6S/c1-22(2,3)36-21(32)28-20-29-23(9-10-35-19(23)37(33,34)30(20)4)15-11-14(6-7-16(15)25)27-18(31)17-8-5-13(24)12-26-17/h5-8,11-12,19H,9-10H2,1-4H3,(H,27,31)(H,28,29,32). The number of fused-ring (bicyclic) bond motifs is 1. The molecule has 2 aliphatic rings. The zero-order chi connectivity index (χ0) is 27.2. The first-order chi connectivity index (χ1) is 17.2. The molecule has 1 fully saturated rings. The van der Waals surface area contributed by atoms with Crippen molar-refractivity contribution in [1.29, 1.82) is 0 Å². The molecular formula is C23H25F2N5O6S. The molecule has 2 aromatic rings. The van der Waals surface area contributed by atoms with Crippen LogP contribution in [0.1, 0.15) is 43.2 Å². The number of aromatic nitrogens is 1. The number of guanidine groups is 1. The molecule has 2 N–H and O–H groups in total. The number of sulfonamides is 1. The van der Waals surface area contributed by atoms with Gasteiger partial charge < -0.3 is 14.8 Å². The number of alkyl carbamates (subject to hydrolysis) is 1. The lowest BCUT2D eigenvalue weighted by atomic mass is 9.88. The first-order valence-corrected chi connectivity index (χ1v) is 12.7. The van der Waals surface area contributed by atoms with E-state index in [4.69, 9.17) is 9.47 Å². The molecule has 0 radical (unpaired) electrons. The topological polar surface area (TPSA) is 139 Å². The summed E-state index contributed by atoms with van der Waals surface area (Å²) in [5.74, 6) is -2.49. The smallest absolute Gasteiger partial charge is 0.414 e. The summed E-state index contributed by atoms with van der Waals surface area (Å²) in [5, 5.41) is 4.86. The predicted molar refractivity (Wildman–Crippen MR) is 128 cm³/mol. The van der Waals surface area contributed by atoms with Crippen LogP contribution in [-0.4, -0.2) is 60.4 Å². The van der Waals surface area contributed by atoms with Gasteiger partial charge in [-0.05, 0) is 51.1 Å². The summed E-state index contributed by atoms with van der Waals surface area (Å²) >= 11 is 0. The van der Waals surface area contributed by atoms with Crippen LogP contribution in [0.5, 0.6) is 0 Å². The highest BCUT2D eigenvalue weighted by Gasteiger charge is 2.59. The molecule has 11 nitrogen and oxygen atoms in total. The highest BCUT2D eigenvalue weighted by molar-refractivity contribution is 7.90. The predicted octanol–water partition coefficient (Wildman–Crippen LogP) is 2.71. The average molecular weight is 538 g/mol. The second-order valence-corrected chi connectivity index (χ2v) is 11.5. The third-order valence-corrected chi connectivity index (χ3v) is 7.67. The molecule has 198 valence electrons. The van der Waals surface area contributed by atoms with Crippen molar-refractivity contribution in [2.75, 3.05) is 19.0 Å². The summed E-state index contributed by atoms with van der Waals surface area (Å²) in [5.41, 5.74) is -4.37. The van der Waals surface area contributed by atoms with Gasteiger partial charge in [-0.25, -0.2) is 36.3 Å². The minimum atomic E-state index is -4.27. The van der Waals surface area contributed by atoms with Gasteiger partial charge in [0, 0.05) is 24.7 Å². The minimum Gasteiger partial charge on any atom is -0.444 e. The summed E-state index contributed by atoms with van der Waals surface area (Å²) < 4.78 is 66.5. The molecule has 2 unspecified atom stereocenters. The second-order valence-electron chi connectivity index (χ2n) is 9.46. The number of nitrogens with one attached hydrogen (secondary N) is 2. The molecule has 2 atom stereocenters. The average Bonchev–Trinajstić information content (AvgIpc) is 3.24. The van der Waals surface area contributed by atoms with E-state index in [-0.39, 0.29) is 35.9 Å². The minimum absolute atomic E-state index is 0.0297. The van der Waals surface area contributed by atoms with Crippen LogP contribution in [-0.2, 0) is 25.0 Å². The maximum Gasteiger partial charge on any atom is 0.414 e. The summed E-state index contributed by atoms with van der Waals surface area (Å²) in [6.45, 7) is 4.84. The third-order valence-electron chi connectivity index (χ3n) is 5.66. The Labute approximate surface area is 211 Å². The number of amides is 2. The van der Waals surface area contributed by atoms with E-state index < -0.39 is 50.2 Å². The molecule has 4 rings (SSSR count). The van der Waals surface area contributed by atoms with Gasteiger partial charge in [0.05, 0.1) is 12.8 Å². The van der Waals surface area contributed by atoms with Gasteiger partial charge in [-0.1, -0.05) is 0 Å². The van der Waals surface area contributed by atoms with Crippen LogP contribution < -0.4 is 10.6 Å². The number of nitrogens with zero attached hydrogens (tertiary/aromatic N) is 3. The number of carbonyl (C=O) groups excluding carboxylic acids is 2. The molecule has 3 heterocycles. The van der Waals surface area contributed by atoms with Gasteiger partial charge in [0.15, 0.2) is 0 Å². The number of anilines is 1. The lowest BCUT2D eigenvalue weighted by Crippen LogP contribution is -2.58. The van der Waals surface area contributed by atoms with Crippen molar-refractivity contribution < 1.29 is 36.3 Å². The van der Waals surface area contributed by atoms with E-state index in [1.165, 1.54) is 25.2 Å². The van der Waals surface area contributed by atoms with Crippen LogP contribution >= 0.6 is 0 Å². The van der Waals surface area contributed by atoms with Crippen molar-refractivity contribution >= 4 is 33.7 Å². The number of halogens is 2. The zero-order valence-electron chi connectivity index (χ0n) is 20.4. The van der Waals surface area contributed by atoms with Gasteiger partial charge in [-0.15, -0.1) is 0 Å². The Balaban J connectivity index is 1.74. The fourth-order valence-electron chi connectivity index (χ4n) is 4.01. The van der Waals surface area contributed by atoms with E-state index in [2.05, 4.69) is 20.6 Å². The SMILES string of the molecule is CN1C(NC(=O)OC(C)(C)C)=NC2(c3cc(NC(=O)c4ccc(F)cn4)ccc3F)CCOC2S1(=O)=O. The van der Waals surface area contributed by atoms with E-state index >= 15 is 4.39 Å². The molecule has 1 aromatic carbocycles. The van der Waals surface area contributed by atoms with Crippen molar-refractivity contribution in [3.05, 3.63) is 59.4 Å². The van der Waals surface area contributed by atoms with Crippen LogP contribution in [0.2, 0.25) is 0 Å². The van der Waals surface area contributed by atoms with E-state index in [9.17, 15) is 22.4 Å². The first-order valence-electron chi connectivity index (χ1n) is 11.1. The largest absolute Gasteiger partial charge is 0.444 e. The number of ether oxygens (including phenoxy) is 2. The first kappa shape index (κ1) is 26.4. The molecule has 1 saturated heterocycles. The molecule has 1 aromatic heterocycles. The van der Waals surface area contributed by atoms with Gasteiger partial charge in [0.1, 0.15) is 28.5 Å². The van der Waals surface area contributed by atoms with Crippen molar-refractivity contribution in [1.82, 2.24) is 14.6 Å². The molecule has 14 heteroatoms. The number of hydrogen-bond acceptors (Lipinski definition) is 8. The van der Waals surface area contributed by atoms with Gasteiger partial charge in [-0.3, -0.25) is 10.1 Å². The summed E-state index contributed by atoms with van der Waals surface area (Å²) in [7, 11) is -3.09. The Hall–Kier alpha value is -3.65. The lowest BCUT2D eigenvalue weighted by Gasteiger charge is -2.39. The summed E-state index contributed by atoms with van der Waals surface area (Å²) in [6.07, 6.45) is -0.103. The molecule has 0 spiro atoms. The van der Waals surface area contributed by atoms with Crippen LogP contribution in [0.25, 0.3) is 0 Å². The number of benzene rings is 1. The summed E-state index contributed by atoms with van der Waals surface area (Å²) in [4.78, 5) is 33.1. The van der Waals surface area contributed by atoms with Gasteiger partial charge in [0.2, 0.25) is 11.4 Å². The molecule has 0 saturated carbocycles. The van der Waals surface area contributed by atoms with Gasteiger partial charge in [0.25, 0.3) is 15.9 Å². The monoisotopic (exact) mass is 537 g/mol. The lowest BCUT2D eigenvalue weighted by molar-refractivity contribution is 0.0557. The van der Waals surface area contributed by atoms with Crippen molar-refractivity contribution in [3.63, 3.8) is 0 Å². The number of hydrogen-bond donors (Lipinski definition) is 2. The molecule has 37 heavy (non-hydrogen) atoms. The number of rotatable bonds is 3. The van der Waals surface area contributed by atoms with E-state index in [0.29, 0.717) is 0 Å². The quantitative estimate of drug-likeness (QED) is 0.614. The number of pyridine rings is 1. The molecule has 2 amide bonds. The highest BCUT2D eigenvalue weighted by Crippen LogP contribution is 2.47. The van der Waals surface area contributed by atoms with Gasteiger partial charge in [-0.2, -0.15) is 0 Å². The molecule has 0 aliphatic carbocycles. The number of carbonyl (C=O) groups is 2. The number of aliphatic imine (C=N–C) groups is 1. The summed E-state index contributed by atoms with van der Waals surface area (Å²) in [6, 6.07) is 5.81. The molecular weight excluding hydrogens is 512 g/mol. The fraction of sp³-hybridized carbons (Fsp3) is 0.391. The van der Waals surface area contributed by atoms with E-state index in [1.54, 1.807) is 20.8 Å². The van der Waals surface area contributed by atoms with Crippen molar-refractivity contribution in [2.45, 2.75) is 43.8 Å². The Morgan fingerprint density at radius 1 is 1.19 bits per heavy atom. The van der Waals surface area contributed by atoms with E-state index in [0.717, 1.165) is 22.6 Å². The van der Waals surface area contributed by atoms with Gasteiger partial charge >= 0.3 is 6.09 Å². The molecule has 2 aliphatic heterocycles. The van der Waals surface area contributed by atoms with Crippen LogP contribution in [0.15, 0.2) is 41.5 Å². The fourth-order valence-corrected chi connectivity index (χ4v) is 5.68. The van der Waals surface area contributed by atoms with Crippen molar-refractivity contribution in [2.24, 2.45) is 4.99 Å². The maximum atomic E-state index is 15.2. The Bertz CT molecular complexity index is 1380. The Morgan fingerprint density at radius 2 is 1.92 bits per heavy atom. The zero-order valence-corrected chi connectivity index (χ0v) is 21.2.